The van der Waals surface area contributed by atoms with Crippen molar-refractivity contribution < 1.29 is 19.1 Å². The van der Waals surface area contributed by atoms with Crippen LogP contribution in [0.2, 0.25) is 10.0 Å². The van der Waals surface area contributed by atoms with Crippen molar-refractivity contribution in [3.63, 3.8) is 0 Å². The molecule has 0 aromatic heterocycles. The minimum Gasteiger partial charge on any atom is -0.486 e. The van der Waals surface area contributed by atoms with Gasteiger partial charge in [0.15, 0.2) is 5.75 Å². The number of benzene rings is 3. The van der Waals surface area contributed by atoms with E-state index < -0.39 is 24.4 Å². The van der Waals surface area contributed by atoms with E-state index in [0.717, 1.165) is 28.0 Å². The molecule has 3 aromatic rings. The van der Waals surface area contributed by atoms with E-state index in [2.05, 4.69) is 10.6 Å². The molecule has 4 rings (SSSR count). The third kappa shape index (κ3) is 6.31. The molecule has 1 aliphatic heterocycles. The summed E-state index contributed by atoms with van der Waals surface area (Å²) in [7, 11) is 0. The average molecular weight is 538 g/mol. The van der Waals surface area contributed by atoms with Gasteiger partial charge >= 0.3 is 6.03 Å². The minimum absolute atomic E-state index is 0.00668. The van der Waals surface area contributed by atoms with Gasteiger partial charge in [0.25, 0.3) is 5.91 Å². The minimum atomic E-state index is -0.689. The number of carbonyl (C=O) groups is 3. The number of urea groups is 1. The van der Waals surface area contributed by atoms with Gasteiger partial charge in [0.05, 0.1) is 10.0 Å². The van der Waals surface area contributed by atoms with Crippen LogP contribution in [0.3, 0.4) is 0 Å². The third-order valence-corrected chi connectivity index (χ3v) is 6.33. The van der Waals surface area contributed by atoms with Gasteiger partial charge in [0.1, 0.15) is 18.8 Å². The summed E-state index contributed by atoms with van der Waals surface area (Å²) in [5.41, 5.74) is 4.20. The van der Waals surface area contributed by atoms with E-state index >= 15 is 0 Å². The Morgan fingerprint density at radius 2 is 1.73 bits per heavy atom. The van der Waals surface area contributed by atoms with Crippen LogP contribution in [0, 0.1) is 6.92 Å². The van der Waals surface area contributed by atoms with Crippen LogP contribution in [0.4, 0.5) is 10.5 Å². The van der Waals surface area contributed by atoms with E-state index in [-0.39, 0.29) is 22.3 Å². The molecule has 4 amide bonds. The zero-order valence-electron chi connectivity index (χ0n) is 20.3. The Labute approximate surface area is 225 Å². The van der Waals surface area contributed by atoms with Crippen LogP contribution < -0.4 is 15.4 Å². The van der Waals surface area contributed by atoms with Crippen LogP contribution in [-0.4, -0.2) is 29.3 Å². The summed E-state index contributed by atoms with van der Waals surface area (Å²) in [5, 5.41) is 5.78. The summed E-state index contributed by atoms with van der Waals surface area (Å²) in [6.45, 7) is 3.84. The molecule has 7 nitrogen and oxygen atoms in total. The second-order valence-electron chi connectivity index (χ2n) is 8.53. The van der Waals surface area contributed by atoms with Crippen molar-refractivity contribution in [2.24, 2.45) is 0 Å². The van der Waals surface area contributed by atoms with Crippen molar-refractivity contribution in [1.29, 1.82) is 0 Å². The predicted octanol–water partition coefficient (Wildman–Crippen LogP) is 5.97. The van der Waals surface area contributed by atoms with Crippen molar-refractivity contribution >= 4 is 52.8 Å². The summed E-state index contributed by atoms with van der Waals surface area (Å²) in [6.07, 6.45) is 2.18. The second-order valence-corrected chi connectivity index (χ2v) is 9.34. The fraction of sp³-hybridized carbons (Fsp3) is 0.179. The molecule has 0 atom stereocenters. The number of nitrogens with one attached hydrogen (secondary N) is 2. The summed E-state index contributed by atoms with van der Waals surface area (Å²) in [6, 6.07) is 17.7. The average Bonchev–Trinajstić information content (AvgIpc) is 3.12. The number of carbonyl (C=O) groups excluding carboxylic acids is 3. The van der Waals surface area contributed by atoms with Crippen molar-refractivity contribution in [3.8, 4) is 5.75 Å². The molecule has 190 valence electrons. The number of amides is 4. The van der Waals surface area contributed by atoms with E-state index in [0.29, 0.717) is 17.0 Å². The van der Waals surface area contributed by atoms with Gasteiger partial charge in [-0.15, -0.1) is 0 Å². The summed E-state index contributed by atoms with van der Waals surface area (Å²) >= 11 is 12.8. The van der Waals surface area contributed by atoms with Crippen LogP contribution in [-0.2, 0) is 22.6 Å². The van der Waals surface area contributed by atoms with E-state index in [1.54, 1.807) is 24.3 Å². The topological polar surface area (TPSA) is 87.7 Å². The molecule has 1 fully saturated rings. The Morgan fingerprint density at radius 1 is 1.05 bits per heavy atom. The van der Waals surface area contributed by atoms with Crippen molar-refractivity contribution in [2.45, 2.75) is 26.9 Å². The van der Waals surface area contributed by atoms with Crippen molar-refractivity contribution in [2.75, 3.05) is 11.9 Å². The van der Waals surface area contributed by atoms with Gasteiger partial charge in [-0.05, 0) is 54.3 Å². The van der Waals surface area contributed by atoms with Gasteiger partial charge in [-0.25, -0.2) is 9.69 Å². The highest BCUT2D eigenvalue weighted by molar-refractivity contribution is 6.37. The first kappa shape index (κ1) is 26.3. The highest BCUT2D eigenvalue weighted by atomic mass is 35.5. The molecule has 2 N–H and O–H groups in total. The first-order chi connectivity index (χ1) is 17.7. The van der Waals surface area contributed by atoms with E-state index in [1.807, 2.05) is 50.2 Å². The SMILES string of the molecule is CCc1ccccc1NC(=O)CN1C(=O)N/C(=C/c2cc(Cl)c(OCc3ccc(C)cc3)c(Cl)c2)C1=O. The number of ether oxygens (including phenoxy) is 1. The van der Waals surface area contributed by atoms with Gasteiger partial charge in [-0.1, -0.05) is 78.2 Å². The monoisotopic (exact) mass is 537 g/mol. The van der Waals surface area contributed by atoms with Gasteiger partial charge in [0, 0.05) is 5.69 Å². The Kier molecular flexibility index (Phi) is 8.16. The Morgan fingerprint density at radius 3 is 2.41 bits per heavy atom. The highest BCUT2D eigenvalue weighted by Crippen LogP contribution is 2.35. The maximum Gasteiger partial charge on any atom is 0.329 e. The second kappa shape index (κ2) is 11.5. The summed E-state index contributed by atoms with van der Waals surface area (Å²) < 4.78 is 5.81. The quantitative estimate of drug-likeness (QED) is 0.273. The lowest BCUT2D eigenvalue weighted by molar-refractivity contribution is -0.127. The molecule has 0 unspecified atom stereocenters. The van der Waals surface area contributed by atoms with Gasteiger partial charge < -0.3 is 15.4 Å². The van der Waals surface area contributed by atoms with Crippen LogP contribution in [0.25, 0.3) is 6.08 Å². The first-order valence-corrected chi connectivity index (χ1v) is 12.4. The Hall–Kier alpha value is -3.81. The zero-order chi connectivity index (χ0) is 26.5. The largest absolute Gasteiger partial charge is 0.486 e. The third-order valence-electron chi connectivity index (χ3n) is 5.77. The lowest BCUT2D eigenvalue weighted by atomic mass is 10.1. The van der Waals surface area contributed by atoms with Crippen molar-refractivity contribution in [3.05, 3.63) is 98.7 Å². The number of hydrogen-bond donors (Lipinski definition) is 2. The van der Waals surface area contributed by atoms with E-state index in [1.165, 1.54) is 6.08 Å². The number of rotatable bonds is 8. The van der Waals surface area contributed by atoms with Gasteiger partial charge in [-0.3, -0.25) is 9.59 Å². The fourth-order valence-corrected chi connectivity index (χ4v) is 4.42. The normalized spacial score (nSPS) is 14.2. The van der Waals surface area contributed by atoms with Crippen molar-refractivity contribution in [1.82, 2.24) is 10.2 Å². The molecule has 0 aliphatic carbocycles. The summed E-state index contributed by atoms with van der Waals surface area (Å²) in [4.78, 5) is 38.7. The number of anilines is 1. The highest BCUT2D eigenvalue weighted by Gasteiger charge is 2.35. The van der Waals surface area contributed by atoms with E-state index in [9.17, 15) is 14.4 Å². The number of hydrogen-bond acceptors (Lipinski definition) is 4. The molecule has 0 saturated carbocycles. The maximum atomic E-state index is 12.9. The Bertz CT molecular complexity index is 1360. The van der Waals surface area contributed by atoms with Crippen LogP contribution in [0.15, 0.2) is 66.4 Å². The molecule has 37 heavy (non-hydrogen) atoms. The lowest BCUT2D eigenvalue weighted by Crippen LogP contribution is -2.38. The van der Waals surface area contributed by atoms with Crippen LogP contribution in [0.1, 0.15) is 29.2 Å². The summed E-state index contributed by atoms with van der Waals surface area (Å²) in [5.74, 6) is -0.791. The number of nitrogens with zero attached hydrogens (tertiary/aromatic N) is 1. The molecule has 1 aliphatic rings. The number of imide groups is 1. The molecule has 1 saturated heterocycles. The molecular formula is C28H25Cl2N3O4. The molecule has 1 heterocycles. The molecule has 9 heteroatoms. The number of halogens is 2. The Balaban J connectivity index is 1.44. The standard InChI is InChI=1S/C28H25Cl2N3O4/c1-3-20-6-4-5-7-23(20)31-25(34)15-33-27(35)24(32-28(33)36)14-19-12-21(29)26(22(30)13-19)37-16-18-10-8-17(2)9-11-18/h4-14H,3,15-16H2,1-2H3,(H,31,34)(H,32,36)/b24-14+. The maximum absolute atomic E-state index is 12.9. The molecular weight excluding hydrogens is 513 g/mol. The van der Waals surface area contributed by atoms with Gasteiger partial charge in [-0.2, -0.15) is 0 Å². The zero-order valence-corrected chi connectivity index (χ0v) is 21.8. The number of aryl methyl sites for hydroxylation is 2. The predicted molar refractivity (Wildman–Crippen MR) is 145 cm³/mol. The lowest BCUT2D eigenvalue weighted by Gasteiger charge is -2.13. The molecule has 0 bridgehead atoms. The first-order valence-electron chi connectivity index (χ1n) is 11.6. The van der Waals surface area contributed by atoms with Gasteiger partial charge in [0.2, 0.25) is 5.91 Å². The van der Waals surface area contributed by atoms with Crippen LogP contribution in [0.5, 0.6) is 5.75 Å². The smallest absolute Gasteiger partial charge is 0.329 e. The molecule has 3 aromatic carbocycles. The van der Waals surface area contributed by atoms with E-state index in [4.69, 9.17) is 27.9 Å². The fourth-order valence-electron chi connectivity index (χ4n) is 3.81. The van der Waals surface area contributed by atoms with Crippen LogP contribution >= 0.6 is 23.2 Å². The molecule has 0 radical (unpaired) electrons. The molecule has 0 spiro atoms. The number of para-hydroxylation sites is 1.